The fourth-order valence-electron chi connectivity index (χ4n) is 3.65. The molecule has 2 aromatic heterocycles. The first-order chi connectivity index (χ1) is 15.2. The SMILES string of the molecule is CCOc1cccc(-c2noc(-c3ncn4c3CO[C@@H](c3ccc(OC)cc3)C4)n2)c1. The van der Waals surface area contributed by atoms with Crippen LogP contribution in [-0.4, -0.2) is 33.4 Å². The molecular weight excluding hydrogens is 396 g/mol. The fraction of sp³-hybridized carbons (Fsp3) is 0.261. The van der Waals surface area contributed by atoms with Gasteiger partial charge in [-0.3, -0.25) is 0 Å². The van der Waals surface area contributed by atoms with Crippen molar-refractivity contribution in [2.45, 2.75) is 26.2 Å². The molecule has 0 fully saturated rings. The minimum absolute atomic E-state index is 0.0555. The van der Waals surface area contributed by atoms with Crippen LogP contribution < -0.4 is 9.47 Å². The van der Waals surface area contributed by atoms with Gasteiger partial charge in [0.05, 0.1) is 38.9 Å². The fourth-order valence-corrected chi connectivity index (χ4v) is 3.65. The Morgan fingerprint density at radius 3 is 2.81 bits per heavy atom. The lowest BCUT2D eigenvalue weighted by molar-refractivity contribution is 0.00328. The highest BCUT2D eigenvalue weighted by molar-refractivity contribution is 5.60. The third kappa shape index (κ3) is 3.77. The maximum absolute atomic E-state index is 6.11. The number of aromatic nitrogens is 4. The number of ether oxygens (including phenoxy) is 3. The molecule has 0 amide bonds. The minimum Gasteiger partial charge on any atom is -0.497 e. The molecule has 0 spiro atoms. The van der Waals surface area contributed by atoms with Crippen LogP contribution in [0.5, 0.6) is 11.5 Å². The highest BCUT2D eigenvalue weighted by Gasteiger charge is 2.26. The first-order valence-corrected chi connectivity index (χ1v) is 10.1. The Hall–Kier alpha value is -3.65. The van der Waals surface area contributed by atoms with Crippen LogP contribution >= 0.6 is 0 Å². The quantitative estimate of drug-likeness (QED) is 0.462. The van der Waals surface area contributed by atoms with Gasteiger partial charge in [0.2, 0.25) is 5.82 Å². The van der Waals surface area contributed by atoms with Gasteiger partial charge >= 0.3 is 0 Å². The van der Waals surface area contributed by atoms with E-state index in [9.17, 15) is 0 Å². The van der Waals surface area contributed by atoms with Crippen molar-refractivity contribution in [2.75, 3.05) is 13.7 Å². The van der Waals surface area contributed by atoms with Crippen molar-refractivity contribution in [3.63, 3.8) is 0 Å². The number of fused-ring (bicyclic) bond motifs is 1. The molecule has 0 aliphatic carbocycles. The number of imidazole rings is 1. The van der Waals surface area contributed by atoms with Crippen molar-refractivity contribution < 1.29 is 18.7 Å². The lowest BCUT2D eigenvalue weighted by Gasteiger charge is -2.25. The van der Waals surface area contributed by atoms with Gasteiger partial charge in [-0.25, -0.2) is 4.98 Å². The standard InChI is InChI=1S/C23H22N4O4/c1-3-29-18-6-4-5-16(11-18)22-25-23(31-26-22)21-19-13-30-20(12-27(19)14-24-21)15-7-9-17(28-2)10-8-15/h4-11,14,20H,3,12-13H2,1-2H3/t20-/m1/s1. The molecule has 8 nitrogen and oxygen atoms in total. The van der Waals surface area contributed by atoms with Crippen molar-refractivity contribution in [2.24, 2.45) is 0 Å². The third-order valence-electron chi connectivity index (χ3n) is 5.25. The van der Waals surface area contributed by atoms with Gasteiger partial charge in [-0.2, -0.15) is 4.98 Å². The monoisotopic (exact) mass is 418 g/mol. The Labute approximate surface area is 179 Å². The largest absolute Gasteiger partial charge is 0.497 e. The number of rotatable bonds is 6. The Bertz CT molecular complexity index is 1180. The molecule has 0 saturated heterocycles. The summed E-state index contributed by atoms with van der Waals surface area (Å²) in [5, 5.41) is 4.13. The first kappa shape index (κ1) is 19.3. The summed E-state index contributed by atoms with van der Waals surface area (Å²) >= 11 is 0. The molecular formula is C23H22N4O4. The summed E-state index contributed by atoms with van der Waals surface area (Å²) in [6.07, 6.45) is 1.74. The Balaban J connectivity index is 1.37. The Morgan fingerprint density at radius 2 is 2.00 bits per heavy atom. The van der Waals surface area contributed by atoms with E-state index in [4.69, 9.17) is 18.7 Å². The van der Waals surface area contributed by atoms with Crippen molar-refractivity contribution in [1.82, 2.24) is 19.7 Å². The van der Waals surface area contributed by atoms with Crippen molar-refractivity contribution in [3.05, 3.63) is 66.1 Å². The molecule has 8 heteroatoms. The highest BCUT2D eigenvalue weighted by atomic mass is 16.5. The Kier molecular flexibility index (Phi) is 5.13. The maximum Gasteiger partial charge on any atom is 0.278 e. The van der Waals surface area contributed by atoms with Crippen LogP contribution in [0.3, 0.4) is 0 Å². The second kappa shape index (κ2) is 8.23. The molecule has 0 saturated carbocycles. The van der Waals surface area contributed by atoms with E-state index in [-0.39, 0.29) is 6.10 Å². The number of nitrogens with zero attached hydrogens (tertiary/aromatic N) is 4. The second-order valence-corrected chi connectivity index (χ2v) is 7.15. The summed E-state index contributed by atoms with van der Waals surface area (Å²) in [6.45, 7) is 3.61. The van der Waals surface area contributed by atoms with Crippen LogP contribution in [0.15, 0.2) is 59.4 Å². The summed E-state index contributed by atoms with van der Waals surface area (Å²) in [7, 11) is 1.66. The molecule has 0 unspecified atom stereocenters. The summed E-state index contributed by atoms with van der Waals surface area (Å²) in [4.78, 5) is 9.07. The molecule has 4 aromatic rings. The Morgan fingerprint density at radius 1 is 1.13 bits per heavy atom. The van der Waals surface area contributed by atoms with Crippen molar-refractivity contribution in [1.29, 1.82) is 0 Å². The van der Waals surface area contributed by atoms with Gasteiger partial charge in [-0.05, 0) is 36.8 Å². The normalized spacial score (nSPS) is 15.5. The summed E-state index contributed by atoms with van der Waals surface area (Å²) in [5.41, 5.74) is 3.48. The predicted octanol–water partition coefficient (Wildman–Crippen LogP) is 4.28. The molecule has 0 radical (unpaired) electrons. The third-order valence-corrected chi connectivity index (χ3v) is 5.25. The van der Waals surface area contributed by atoms with Crippen LogP contribution in [0, 0.1) is 0 Å². The van der Waals surface area contributed by atoms with E-state index in [1.54, 1.807) is 13.4 Å². The molecule has 3 heterocycles. The van der Waals surface area contributed by atoms with E-state index in [0.29, 0.717) is 37.2 Å². The molecule has 0 N–H and O–H groups in total. The topological polar surface area (TPSA) is 84.4 Å². The zero-order chi connectivity index (χ0) is 21.2. The molecule has 0 bridgehead atoms. The zero-order valence-corrected chi connectivity index (χ0v) is 17.3. The van der Waals surface area contributed by atoms with Crippen LogP contribution in [-0.2, 0) is 17.9 Å². The summed E-state index contributed by atoms with van der Waals surface area (Å²) in [5.74, 6) is 2.45. The van der Waals surface area contributed by atoms with Gasteiger partial charge in [-0.1, -0.05) is 29.4 Å². The average Bonchev–Trinajstić information content (AvgIpc) is 3.46. The molecule has 1 aliphatic heterocycles. The van der Waals surface area contributed by atoms with E-state index in [0.717, 1.165) is 28.3 Å². The zero-order valence-electron chi connectivity index (χ0n) is 17.3. The van der Waals surface area contributed by atoms with Gasteiger partial charge in [-0.15, -0.1) is 0 Å². The second-order valence-electron chi connectivity index (χ2n) is 7.15. The van der Waals surface area contributed by atoms with Crippen LogP contribution in [0.25, 0.3) is 23.0 Å². The van der Waals surface area contributed by atoms with Gasteiger partial charge in [0.25, 0.3) is 5.89 Å². The van der Waals surface area contributed by atoms with Gasteiger partial charge in [0.15, 0.2) is 5.69 Å². The molecule has 1 aliphatic rings. The number of hydrogen-bond donors (Lipinski definition) is 0. The van der Waals surface area contributed by atoms with Gasteiger partial charge in [0, 0.05) is 5.56 Å². The van der Waals surface area contributed by atoms with Gasteiger partial charge in [0.1, 0.15) is 17.6 Å². The van der Waals surface area contributed by atoms with E-state index >= 15 is 0 Å². The van der Waals surface area contributed by atoms with Crippen LogP contribution in [0.1, 0.15) is 24.3 Å². The maximum atomic E-state index is 6.11. The molecule has 31 heavy (non-hydrogen) atoms. The number of benzene rings is 2. The van der Waals surface area contributed by atoms with Crippen LogP contribution in [0.4, 0.5) is 0 Å². The van der Waals surface area contributed by atoms with E-state index in [1.165, 1.54) is 0 Å². The average molecular weight is 418 g/mol. The van der Waals surface area contributed by atoms with Gasteiger partial charge < -0.3 is 23.3 Å². The smallest absolute Gasteiger partial charge is 0.278 e. The minimum atomic E-state index is -0.0555. The highest BCUT2D eigenvalue weighted by Crippen LogP contribution is 2.32. The predicted molar refractivity (Wildman–Crippen MR) is 113 cm³/mol. The molecule has 5 rings (SSSR count). The van der Waals surface area contributed by atoms with E-state index in [1.807, 2.05) is 55.5 Å². The van der Waals surface area contributed by atoms with E-state index < -0.39 is 0 Å². The van der Waals surface area contributed by atoms with Crippen molar-refractivity contribution >= 4 is 0 Å². The summed E-state index contributed by atoms with van der Waals surface area (Å²) in [6, 6.07) is 15.5. The lowest BCUT2D eigenvalue weighted by atomic mass is 10.1. The first-order valence-electron chi connectivity index (χ1n) is 10.1. The van der Waals surface area contributed by atoms with Crippen LogP contribution in [0.2, 0.25) is 0 Å². The van der Waals surface area contributed by atoms with Crippen molar-refractivity contribution in [3.8, 4) is 34.5 Å². The lowest BCUT2D eigenvalue weighted by Crippen LogP contribution is -2.20. The molecule has 1 atom stereocenters. The van der Waals surface area contributed by atoms with E-state index in [2.05, 4.69) is 19.7 Å². The molecule has 2 aromatic carbocycles. The number of methoxy groups -OCH3 is 1. The molecule has 158 valence electrons. The summed E-state index contributed by atoms with van der Waals surface area (Å²) < 4.78 is 24.5. The number of hydrogen-bond acceptors (Lipinski definition) is 7.